The summed E-state index contributed by atoms with van der Waals surface area (Å²) in [4.78, 5) is 11.6. The maximum atomic E-state index is 13.4. The maximum absolute atomic E-state index is 13.4. The molecule has 0 aliphatic rings. The van der Waals surface area contributed by atoms with Crippen molar-refractivity contribution in [2.45, 2.75) is 12.5 Å². The van der Waals surface area contributed by atoms with E-state index in [-0.39, 0.29) is 12.2 Å². The van der Waals surface area contributed by atoms with Gasteiger partial charge in [-0.25, -0.2) is 13.6 Å². The molecular formula is C16H16F2N2O2. The van der Waals surface area contributed by atoms with Gasteiger partial charge in [0.25, 0.3) is 0 Å². The molecule has 0 saturated heterocycles. The molecule has 6 heteroatoms. The van der Waals surface area contributed by atoms with Crippen LogP contribution >= 0.6 is 0 Å². The van der Waals surface area contributed by atoms with Crippen LogP contribution in [0.2, 0.25) is 0 Å². The lowest BCUT2D eigenvalue weighted by Gasteiger charge is -2.12. The van der Waals surface area contributed by atoms with Crippen LogP contribution in [0.1, 0.15) is 18.1 Å². The Morgan fingerprint density at radius 1 is 1.14 bits per heavy atom. The van der Waals surface area contributed by atoms with Crippen LogP contribution in [0.4, 0.5) is 19.3 Å². The lowest BCUT2D eigenvalue weighted by molar-refractivity contribution is 0.167. The average Bonchev–Trinajstić information content (AvgIpc) is 2.51. The van der Waals surface area contributed by atoms with Crippen molar-refractivity contribution in [1.82, 2.24) is 5.32 Å². The van der Waals surface area contributed by atoms with Crippen LogP contribution in [0, 0.1) is 11.6 Å². The SMILES string of the molecule is O=C(NCCC(O)c1ccccc1)Nc1ccc(F)cc1F. The molecule has 1 unspecified atom stereocenters. The van der Waals surface area contributed by atoms with Crippen molar-refractivity contribution in [3.05, 3.63) is 65.7 Å². The average molecular weight is 306 g/mol. The molecule has 1 atom stereocenters. The number of carbonyl (C=O) groups is 1. The Kier molecular flexibility index (Phi) is 5.43. The standard InChI is InChI=1S/C16H16F2N2O2/c17-12-6-7-14(13(18)10-12)20-16(22)19-9-8-15(21)11-4-2-1-3-5-11/h1-7,10,15,21H,8-9H2,(H2,19,20,22). The second-order valence-electron chi connectivity index (χ2n) is 4.72. The largest absolute Gasteiger partial charge is 0.388 e. The Morgan fingerprint density at radius 2 is 1.86 bits per heavy atom. The van der Waals surface area contributed by atoms with Gasteiger partial charge in [0.1, 0.15) is 11.6 Å². The first kappa shape index (κ1) is 15.9. The Hall–Kier alpha value is -2.47. The fourth-order valence-electron chi connectivity index (χ4n) is 1.92. The number of nitrogens with one attached hydrogen (secondary N) is 2. The summed E-state index contributed by atoms with van der Waals surface area (Å²) in [7, 11) is 0. The minimum atomic E-state index is -0.848. The molecule has 0 radical (unpaired) electrons. The second-order valence-corrected chi connectivity index (χ2v) is 4.72. The van der Waals surface area contributed by atoms with Crippen molar-refractivity contribution in [2.24, 2.45) is 0 Å². The highest BCUT2D eigenvalue weighted by atomic mass is 19.1. The van der Waals surface area contributed by atoms with Gasteiger partial charge in [-0.15, -0.1) is 0 Å². The van der Waals surface area contributed by atoms with Crippen LogP contribution in [0.15, 0.2) is 48.5 Å². The van der Waals surface area contributed by atoms with E-state index in [0.29, 0.717) is 12.5 Å². The van der Waals surface area contributed by atoms with Crippen molar-refractivity contribution >= 4 is 11.7 Å². The molecule has 0 fully saturated rings. The van der Waals surface area contributed by atoms with E-state index >= 15 is 0 Å². The summed E-state index contributed by atoms with van der Waals surface area (Å²) in [5, 5.41) is 14.7. The third kappa shape index (κ3) is 4.53. The number of amides is 2. The number of hydrogen-bond donors (Lipinski definition) is 3. The molecule has 0 spiro atoms. The monoisotopic (exact) mass is 306 g/mol. The molecule has 2 amide bonds. The first-order valence-corrected chi connectivity index (χ1v) is 6.79. The number of hydrogen-bond acceptors (Lipinski definition) is 2. The summed E-state index contributed by atoms with van der Waals surface area (Å²) in [6.45, 7) is 0.213. The number of halogens is 2. The predicted octanol–water partition coefficient (Wildman–Crippen LogP) is 3.21. The van der Waals surface area contributed by atoms with Crippen molar-refractivity contribution < 1.29 is 18.7 Å². The fraction of sp³-hybridized carbons (Fsp3) is 0.188. The molecule has 4 nitrogen and oxygen atoms in total. The van der Waals surface area contributed by atoms with Gasteiger partial charge in [-0.2, -0.15) is 0 Å². The van der Waals surface area contributed by atoms with E-state index in [0.717, 1.165) is 17.7 Å². The summed E-state index contributed by atoms with van der Waals surface area (Å²) in [5.74, 6) is -1.56. The van der Waals surface area contributed by atoms with Gasteiger partial charge in [0.15, 0.2) is 0 Å². The van der Waals surface area contributed by atoms with Gasteiger partial charge < -0.3 is 15.7 Å². The molecule has 0 saturated carbocycles. The van der Waals surface area contributed by atoms with Gasteiger partial charge in [-0.3, -0.25) is 0 Å². The Balaban J connectivity index is 1.78. The zero-order valence-electron chi connectivity index (χ0n) is 11.7. The van der Waals surface area contributed by atoms with E-state index in [1.54, 1.807) is 12.1 Å². The molecule has 0 bridgehead atoms. The van der Waals surface area contributed by atoms with E-state index in [2.05, 4.69) is 10.6 Å². The van der Waals surface area contributed by atoms with Crippen molar-refractivity contribution in [3.63, 3.8) is 0 Å². The van der Waals surface area contributed by atoms with E-state index in [9.17, 15) is 18.7 Å². The molecule has 22 heavy (non-hydrogen) atoms. The van der Waals surface area contributed by atoms with Gasteiger partial charge in [0, 0.05) is 12.6 Å². The molecule has 3 N–H and O–H groups in total. The van der Waals surface area contributed by atoms with Crippen LogP contribution in [0.5, 0.6) is 0 Å². The van der Waals surface area contributed by atoms with Crippen LogP contribution in [0.25, 0.3) is 0 Å². The maximum Gasteiger partial charge on any atom is 0.319 e. The highest BCUT2D eigenvalue weighted by Gasteiger charge is 2.09. The third-order valence-corrected chi connectivity index (χ3v) is 3.07. The van der Waals surface area contributed by atoms with Crippen LogP contribution in [0.3, 0.4) is 0 Å². The summed E-state index contributed by atoms with van der Waals surface area (Å²) in [6, 6.07) is 11.3. The number of aliphatic hydroxyl groups excluding tert-OH is 1. The van der Waals surface area contributed by atoms with Gasteiger partial charge in [0.2, 0.25) is 0 Å². The van der Waals surface area contributed by atoms with Crippen molar-refractivity contribution in [1.29, 1.82) is 0 Å². The summed E-state index contributed by atoms with van der Waals surface area (Å²) in [5.41, 5.74) is 0.650. The molecule has 0 heterocycles. The van der Waals surface area contributed by atoms with E-state index < -0.39 is 23.8 Å². The van der Waals surface area contributed by atoms with E-state index in [4.69, 9.17) is 0 Å². The lowest BCUT2D eigenvalue weighted by Crippen LogP contribution is -2.30. The van der Waals surface area contributed by atoms with Gasteiger partial charge in [-0.05, 0) is 24.1 Å². The Morgan fingerprint density at radius 3 is 2.55 bits per heavy atom. The number of anilines is 1. The smallest absolute Gasteiger partial charge is 0.319 e. The second kappa shape index (κ2) is 7.51. The summed E-state index contributed by atoms with van der Waals surface area (Å²) >= 11 is 0. The van der Waals surface area contributed by atoms with Crippen molar-refractivity contribution in [2.75, 3.05) is 11.9 Å². The first-order valence-electron chi connectivity index (χ1n) is 6.79. The zero-order chi connectivity index (χ0) is 15.9. The predicted molar refractivity (Wildman–Crippen MR) is 79.4 cm³/mol. The number of rotatable bonds is 5. The highest BCUT2D eigenvalue weighted by Crippen LogP contribution is 2.16. The minimum Gasteiger partial charge on any atom is -0.388 e. The van der Waals surface area contributed by atoms with Crippen LogP contribution in [-0.4, -0.2) is 17.7 Å². The van der Waals surface area contributed by atoms with Crippen LogP contribution in [-0.2, 0) is 0 Å². The molecule has 116 valence electrons. The highest BCUT2D eigenvalue weighted by molar-refractivity contribution is 5.89. The normalized spacial score (nSPS) is 11.8. The quantitative estimate of drug-likeness (QED) is 0.794. The number of carbonyl (C=O) groups excluding carboxylic acids is 1. The Labute approximate surface area is 126 Å². The minimum absolute atomic E-state index is 0.109. The Bertz CT molecular complexity index is 635. The third-order valence-electron chi connectivity index (χ3n) is 3.07. The van der Waals surface area contributed by atoms with E-state index in [1.165, 1.54) is 0 Å². The van der Waals surface area contributed by atoms with Gasteiger partial charge >= 0.3 is 6.03 Å². The molecule has 2 rings (SSSR count). The molecular weight excluding hydrogens is 290 g/mol. The molecule has 0 aromatic heterocycles. The van der Waals surface area contributed by atoms with E-state index in [1.807, 2.05) is 18.2 Å². The molecule has 2 aromatic carbocycles. The molecule has 2 aromatic rings. The van der Waals surface area contributed by atoms with Gasteiger partial charge in [0.05, 0.1) is 11.8 Å². The topological polar surface area (TPSA) is 61.4 Å². The number of urea groups is 1. The number of aliphatic hydroxyl groups is 1. The van der Waals surface area contributed by atoms with Crippen molar-refractivity contribution in [3.8, 4) is 0 Å². The molecule has 0 aliphatic heterocycles. The van der Waals surface area contributed by atoms with Gasteiger partial charge in [-0.1, -0.05) is 30.3 Å². The fourth-order valence-corrected chi connectivity index (χ4v) is 1.92. The van der Waals surface area contributed by atoms with Crippen LogP contribution < -0.4 is 10.6 Å². The molecule has 0 aliphatic carbocycles. The zero-order valence-corrected chi connectivity index (χ0v) is 11.7. The first-order chi connectivity index (χ1) is 10.6. The lowest BCUT2D eigenvalue weighted by atomic mass is 10.1. The summed E-state index contributed by atoms with van der Waals surface area (Å²) < 4.78 is 26.1. The number of benzene rings is 2. The summed E-state index contributed by atoms with van der Waals surface area (Å²) in [6.07, 6.45) is -0.368.